The largest absolute Gasteiger partial charge is 0.366 e. The number of pyridine rings is 1. The van der Waals surface area contributed by atoms with Gasteiger partial charge < -0.3 is 16.8 Å². The molecule has 0 saturated heterocycles. The lowest BCUT2D eigenvalue weighted by molar-refractivity contribution is 0.0949. The van der Waals surface area contributed by atoms with E-state index in [2.05, 4.69) is 15.3 Å². The minimum atomic E-state index is -0.556. The van der Waals surface area contributed by atoms with Crippen LogP contribution < -0.4 is 21.7 Å². The second-order valence-electron chi connectivity index (χ2n) is 8.04. The van der Waals surface area contributed by atoms with E-state index in [4.69, 9.17) is 11.5 Å². The Hall–Kier alpha value is -3.37. The van der Waals surface area contributed by atoms with Crippen LogP contribution >= 0.6 is 11.3 Å². The van der Waals surface area contributed by atoms with E-state index in [1.54, 1.807) is 36.2 Å². The summed E-state index contributed by atoms with van der Waals surface area (Å²) in [5.74, 6) is -0.518. The van der Waals surface area contributed by atoms with Gasteiger partial charge >= 0.3 is 0 Å². The molecule has 172 valence electrons. The average molecular weight is 469 g/mol. The molecule has 1 aromatic carbocycles. The van der Waals surface area contributed by atoms with Gasteiger partial charge in [-0.1, -0.05) is 0 Å². The van der Waals surface area contributed by atoms with Gasteiger partial charge in [-0.2, -0.15) is 0 Å². The number of nitrogens with one attached hydrogen (secondary N) is 1. The highest BCUT2D eigenvalue weighted by molar-refractivity contribution is 7.15. The van der Waals surface area contributed by atoms with Gasteiger partial charge in [0.25, 0.3) is 5.91 Å². The summed E-state index contributed by atoms with van der Waals surface area (Å²) in [6.07, 6.45) is 5.69. The van der Waals surface area contributed by atoms with E-state index in [9.17, 15) is 14.0 Å². The van der Waals surface area contributed by atoms with Crippen LogP contribution in [0.3, 0.4) is 0 Å². The van der Waals surface area contributed by atoms with Crippen molar-refractivity contribution in [3.8, 4) is 0 Å². The molecular weight excluding hydrogens is 443 g/mol. The van der Waals surface area contributed by atoms with Crippen LogP contribution in [0.5, 0.6) is 0 Å². The first-order chi connectivity index (χ1) is 15.8. The first kappa shape index (κ1) is 22.8. The number of carbonyl (C=O) groups excluding carboxylic acids is 2. The van der Waals surface area contributed by atoms with Crippen LogP contribution in [0.25, 0.3) is 0 Å². The quantitative estimate of drug-likeness (QED) is 0.415. The molecule has 1 atom stereocenters. The Bertz CT molecular complexity index is 1160. The lowest BCUT2D eigenvalue weighted by Gasteiger charge is -2.24. The fourth-order valence-corrected chi connectivity index (χ4v) is 4.35. The molecule has 0 spiro atoms. The summed E-state index contributed by atoms with van der Waals surface area (Å²) in [7, 11) is 0. The molecule has 0 radical (unpaired) electrons. The highest BCUT2D eigenvalue weighted by atomic mass is 32.1. The highest BCUT2D eigenvalue weighted by Gasteiger charge is 2.24. The third-order valence-electron chi connectivity index (χ3n) is 5.30. The number of primary amides is 1. The second kappa shape index (κ2) is 9.63. The molecule has 0 bridgehead atoms. The number of amides is 2. The van der Waals surface area contributed by atoms with Crippen LogP contribution in [0.4, 0.5) is 15.3 Å². The predicted octanol–water partition coefficient (Wildman–Crippen LogP) is 2.90. The maximum absolute atomic E-state index is 14.4. The minimum Gasteiger partial charge on any atom is -0.366 e. The van der Waals surface area contributed by atoms with E-state index < -0.39 is 12.1 Å². The lowest BCUT2D eigenvalue weighted by Crippen LogP contribution is -2.36. The number of thiazole rings is 1. The van der Waals surface area contributed by atoms with Crippen LogP contribution in [0.2, 0.25) is 0 Å². The van der Waals surface area contributed by atoms with Gasteiger partial charge in [0.1, 0.15) is 11.6 Å². The molecule has 1 fully saturated rings. The zero-order valence-electron chi connectivity index (χ0n) is 18.1. The standard InChI is InChI=1S/C23H25FN6O2S/c1-13(25)30(20-9-4-16(11-27-20)21(26)31)23-28-12-18(33-23)7-2-14-10-15(3-8-19(14)24)22(32)29-17-5-6-17/h3-4,8-13,17H,2,5-7,25H2,1H3,(H2,26,31)(H,29,32). The lowest BCUT2D eigenvalue weighted by atomic mass is 10.0. The Kier molecular flexibility index (Phi) is 6.66. The molecule has 1 saturated carbocycles. The molecule has 2 aromatic heterocycles. The SMILES string of the molecule is CC(N)N(c1ccc(C(N)=O)cn1)c1ncc(CCc2cc(C(=O)NC3CC3)ccc2F)s1. The first-order valence-electron chi connectivity index (χ1n) is 10.7. The van der Waals surface area contributed by atoms with Gasteiger partial charge in [0, 0.05) is 28.9 Å². The van der Waals surface area contributed by atoms with Crippen molar-refractivity contribution >= 4 is 34.1 Å². The molecule has 2 heterocycles. The smallest absolute Gasteiger partial charge is 0.251 e. The molecule has 33 heavy (non-hydrogen) atoms. The molecule has 4 rings (SSSR count). The number of rotatable bonds is 9. The number of aryl methyl sites for hydroxylation is 2. The van der Waals surface area contributed by atoms with Crippen LogP contribution in [0.1, 0.15) is 50.9 Å². The van der Waals surface area contributed by atoms with E-state index in [1.165, 1.54) is 29.7 Å². The fraction of sp³-hybridized carbons (Fsp3) is 0.304. The third-order valence-corrected chi connectivity index (χ3v) is 6.35. The van der Waals surface area contributed by atoms with Crippen LogP contribution in [0, 0.1) is 5.82 Å². The summed E-state index contributed by atoms with van der Waals surface area (Å²) in [5, 5.41) is 3.56. The number of hydrogen-bond acceptors (Lipinski definition) is 7. The van der Waals surface area contributed by atoms with Gasteiger partial charge in [-0.25, -0.2) is 14.4 Å². The first-order valence-corrected chi connectivity index (χ1v) is 11.5. The fourth-order valence-electron chi connectivity index (χ4n) is 3.34. The van der Waals surface area contributed by atoms with E-state index in [0.717, 1.165) is 17.7 Å². The molecule has 0 aliphatic heterocycles. The van der Waals surface area contributed by atoms with Gasteiger partial charge in [-0.15, -0.1) is 11.3 Å². The van der Waals surface area contributed by atoms with Crippen molar-refractivity contribution in [3.05, 3.63) is 70.1 Å². The number of aromatic nitrogens is 2. The number of carbonyl (C=O) groups is 2. The maximum atomic E-state index is 14.4. The van der Waals surface area contributed by atoms with Crippen LogP contribution in [-0.2, 0) is 12.8 Å². The summed E-state index contributed by atoms with van der Waals surface area (Å²) in [6, 6.07) is 7.97. The number of halogens is 1. The molecule has 2 amide bonds. The van der Waals surface area contributed by atoms with Crippen molar-refractivity contribution in [1.29, 1.82) is 0 Å². The third kappa shape index (κ3) is 5.52. The van der Waals surface area contributed by atoms with Gasteiger partial charge in [0.15, 0.2) is 5.13 Å². The van der Waals surface area contributed by atoms with Crippen molar-refractivity contribution in [2.24, 2.45) is 11.5 Å². The van der Waals surface area contributed by atoms with Crippen LogP contribution in [0.15, 0.2) is 42.7 Å². The van der Waals surface area contributed by atoms with Crippen molar-refractivity contribution in [1.82, 2.24) is 15.3 Å². The minimum absolute atomic E-state index is 0.166. The summed E-state index contributed by atoms with van der Waals surface area (Å²) in [4.78, 5) is 35.0. The van der Waals surface area contributed by atoms with Crippen molar-refractivity contribution in [3.63, 3.8) is 0 Å². The van der Waals surface area contributed by atoms with Crippen molar-refractivity contribution in [2.45, 2.75) is 44.8 Å². The van der Waals surface area contributed by atoms with E-state index in [1.807, 2.05) is 0 Å². The van der Waals surface area contributed by atoms with Gasteiger partial charge in [-0.3, -0.25) is 14.5 Å². The number of anilines is 2. The number of nitrogens with two attached hydrogens (primary N) is 2. The van der Waals surface area contributed by atoms with Crippen molar-refractivity contribution in [2.75, 3.05) is 4.90 Å². The summed E-state index contributed by atoms with van der Waals surface area (Å²) in [5.41, 5.74) is 12.7. The predicted molar refractivity (Wildman–Crippen MR) is 125 cm³/mol. The summed E-state index contributed by atoms with van der Waals surface area (Å²) < 4.78 is 14.4. The average Bonchev–Trinajstić information content (AvgIpc) is 3.48. The molecule has 1 unspecified atom stereocenters. The molecule has 5 N–H and O–H groups in total. The molecule has 1 aliphatic carbocycles. The van der Waals surface area contributed by atoms with Crippen molar-refractivity contribution < 1.29 is 14.0 Å². The van der Waals surface area contributed by atoms with Gasteiger partial charge in [0.2, 0.25) is 5.91 Å². The second-order valence-corrected chi connectivity index (χ2v) is 9.14. The van der Waals surface area contributed by atoms with E-state index in [-0.39, 0.29) is 17.8 Å². The Morgan fingerprint density at radius 2 is 1.94 bits per heavy atom. The normalized spacial score (nSPS) is 14.0. The Balaban J connectivity index is 1.46. The zero-order valence-corrected chi connectivity index (χ0v) is 18.9. The van der Waals surface area contributed by atoms with Gasteiger partial charge in [-0.05, 0) is 68.5 Å². The summed E-state index contributed by atoms with van der Waals surface area (Å²) in [6.45, 7) is 1.80. The molecule has 3 aromatic rings. The Morgan fingerprint density at radius 1 is 1.18 bits per heavy atom. The number of benzene rings is 1. The highest BCUT2D eigenvalue weighted by Crippen LogP contribution is 2.30. The van der Waals surface area contributed by atoms with Crippen LogP contribution in [-0.4, -0.2) is 34.0 Å². The molecule has 1 aliphatic rings. The van der Waals surface area contributed by atoms with E-state index in [0.29, 0.717) is 40.5 Å². The monoisotopic (exact) mass is 468 g/mol. The van der Waals surface area contributed by atoms with Gasteiger partial charge in [0.05, 0.1) is 11.7 Å². The number of nitrogens with zero attached hydrogens (tertiary/aromatic N) is 3. The topological polar surface area (TPSA) is 127 Å². The zero-order chi connectivity index (χ0) is 23.5. The summed E-state index contributed by atoms with van der Waals surface area (Å²) >= 11 is 1.43. The molecule has 10 heteroatoms. The molecule has 8 nitrogen and oxygen atoms in total. The Labute approximate surface area is 194 Å². The molecular formula is C23H25FN6O2S. The number of hydrogen-bond donors (Lipinski definition) is 3. The maximum Gasteiger partial charge on any atom is 0.251 e. The van der Waals surface area contributed by atoms with E-state index >= 15 is 0 Å². The Morgan fingerprint density at radius 3 is 2.58 bits per heavy atom.